The van der Waals surface area contributed by atoms with Crippen LogP contribution in [0.5, 0.6) is 11.5 Å². The lowest BCUT2D eigenvalue weighted by atomic mass is 10.1. The van der Waals surface area contributed by atoms with Crippen molar-refractivity contribution in [3.63, 3.8) is 0 Å². The molecule has 1 amide bonds. The van der Waals surface area contributed by atoms with Crippen molar-refractivity contribution in [2.24, 2.45) is 4.99 Å². The zero-order valence-electron chi connectivity index (χ0n) is 16.6. The zero-order valence-corrected chi connectivity index (χ0v) is 16.6. The molecule has 0 bridgehead atoms. The van der Waals surface area contributed by atoms with Crippen molar-refractivity contribution >= 4 is 11.9 Å². The summed E-state index contributed by atoms with van der Waals surface area (Å²) in [6.45, 7) is 2.77. The van der Waals surface area contributed by atoms with Crippen LogP contribution in [0.15, 0.2) is 47.5 Å². The fraction of sp³-hybridized carbons (Fsp3) is 0.333. The summed E-state index contributed by atoms with van der Waals surface area (Å²) in [4.78, 5) is 18.1. The van der Waals surface area contributed by atoms with E-state index in [2.05, 4.69) is 4.99 Å². The van der Waals surface area contributed by atoms with Crippen LogP contribution in [0, 0.1) is 5.82 Å². The number of amides is 1. The first kappa shape index (κ1) is 21.2. The Kier molecular flexibility index (Phi) is 7.80. The van der Waals surface area contributed by atoms with Crippen LogP contribution >= 0.6 is 0 Å². The highest BCUT2D eigenvalue weighted by Gasteiger charge is 2.13. The molecule has 0 atom stereocenters. The number of carbonyl (C=O) groups excluding carboxylic acids is 1. The van der Waals surface area contributed by atoms with Crippen LogP contribution < -0.4 is 9.47 Å². The summed E-state index contributed by atoms with van der Waals surface area (Å²) < 4.78 is 29.1. The maximum absolute atomic E-state index is 13.0. The van der Waals surface area contributed by atoms with Crippen molar-refractivity contribution in [3.8, 4) is 11.5 Å². The third-order valence-electron chi connectivity index (χ3n) is 4.07. The lowest BCUT2D eigenvalue weighted by Crippen LogP contribution is -2.32. The molecule has 0 saturated carbocycles. The molecule has 0 aliphatic carbocycles. The van der Waals surface area contributed by atoms with E-state index in [0.717, 1.165) is 5.56 Å². The first-order valence-corrected chi connectivity index (χ1v) is 8.91. The Bertz CT molecular complexity index is 822. The van der Waals surface area contributed by atoms with Crippen molar-refractivity contribution in [1.29, 1.82) is 0 Å². The standard InChI is InChI=1S/C21H25FN2O4/c1-5-28-21(23-20(25)16-7-9-17(22)10-8-16)24(2)13-12-15-6-11-18(26-3)19(14-15)27-4/h6-11,14H,5,12-13H2,1-4H3. The zero-order chi connectivity index (χ0) is 20.5. The summed E-state index contributed by atoms with van der Waals surface area (Å²) in [5, 5.41) is 0. The van der Waals surface area contributed by atoms with E-state index in [1.165, 1.54) is 24.3 Å². The van der Waals surface area contributed by atoms with Crippen LogP contribution in [0.2, 0.25) is 0 Å². The molecule has 0 unspecified atom stereocenters. The molecule has 0 aromatic heterocycles. The highest BCUT2D eigenvalue weighted by Crippen LogP contribution is 2.27. The van der Waals surface area contributed by atoms with Gasteiger partial charge in [-0.25, -0.2) is 4.39 Å². The highest BCUT2D eigenvalue weighted by atomic mass is 19.1. The molecule has 0 aliphatic heterocycles. The molecule has 0 heterocycles. The first-order valence-electron chi connectivity index (χ1n) is 8.91. The van der Waals surface area contributed by atoms with E-state index in [-0.39, 0.29) is 6.02 Å². The molecule has 0 saturated heterocycles. The van der Waals surface area contributed by atoms with Gasteiger partial charge in [-0.05, 0) is 55.3 Å². The second-order valence-electron chi connectivity index (χ2n) is 6.00. The minimum Gasteiger partial charge on any atom is -0.493 e. The Morgan fingerprint density at radius 3 is 2.36 bits per heavy atom. The van der Waals surface area contributed by atoms with Gasteiger partial charge in [0.15, 0.2) is 11.5 Å². The Morgan fingerprint density at radius 2 is 1.75 bits per heavy atom. The molecule has 2 aromatic rings. The molecule has 0 N–H and O–H groups in total. The minimum atomic E-state index is -0.485. The van der Waals surface area contributed by atoms with Gasteiger partial charge in [0.05, 0.1) is 20.8 Å². The van der Waals surface area contributed by atoms with Crippen molar-refractivity contribution in [2.75, 3.05) is 34.4 Å². The first-order chi connectivity index (χ1) is 13.5. The number of likely N-dealkylation sites (N-methyl/N-ethyl adjacent to an activating group) is 1. The Labute approximate surface area is 164 Å². The van der Waals surface area contributed by atoms with Crippen LogP contribution in [-0.2, 0) is 11.2 Å². The molecule has 0 aliphatic rings. The van der Waals surface area contributed by atoms with E-state index in [9.17, 15) is 9.18 Å². The number of carbonyl (C=O) groups is 1. The molecule has 0 fully saturated rings. The smallest absolute Gasteiger partial charge is 0.295 e. The minimum absolute atomic E-state index is 0.220. The monoisotopic (exact) mass is 388 g/mol. The number of ether oxygens (including phenoxy) is 3. The second kappa shape index (κ2) is 10.3. The van der Waals surface area contributed by atoms with Gasteiger partial charge in [0.25, 0.3) is 11.9 Å². The molecule has 150 valence electrons. The second-order valence-corrected chi connectivity index (χ2v) is 6.00. The van der Waals surface area contributed by atoms with E-state index >= 15 is 0 Å². The van der Waals surface area contributed by atoms with Crippen LogP contribution in [0.25, 0.3) is 0 Å². The van der Waals surface area contributed by atoms with E-state index in [4.69, 9.17) is 14.2 Å². The number of methoxy groups -OCH3 is 2. The number of benzene rings is 2. The van der Waals surface area contributed by atoms with Crippen molar-refractivity contribution in [2.45, 2.75) is 13.3 Å². The van der Waals surface area contributed by atoms with Gasteiger partial charge in [0.2, 0.25) is 0 Å². The lowest BCUT2D eigenvalue weighted by molar-refractivity contribution is 0.0995. The largest absolute Gasteiger partial charge is 0.493 e. The maximum atomic E-state index is 13.0. The normalized spacial score (nSPS) is 11.1. The number of amidine groups is 1. The van der Waals surface area contributed by atoms with E-state index in [1.54, 1.807) is 26.2 Å². The van der Waals surface area contributed by atoms with Crippen LogP contribution in [0.1, 0.15) is 22.8 Å². The van der Waals surface area contributed by atoms with E-state index < -0.39 is 11.7 Å². The van der Waals surface area contributed by atoms with E-state index in [0.29, 0.717) is 36.6 Å². The fourth-order valence-corrected chi connectivity index (χ4v) is 2.53. The number of halogens is 1. The summed E-state index contributed by atoms with van der Waals surface area (Å²) in [5.74, 6) is 0.438. The SMILES string of the molecule is CCOC(=NC(=O)c1ccc(F)cc1)N(C)CCc1ccc(OC)c(OC)c1. The number of aliphatic imine (C=N–C) groups is 1. The Balaban J connectivity index is 2.08. The van der Waals surface area contributed by atoms with Crippen LogP contribution in [-0.4, -0.2) is 51.2 Å². The quantitative estimate of drug-likeness (QED) is 0.536. The molecule has 2 aromatic carbocycles. The summed E-state index contributed by atoms with van der Waals surface area (Å²) >= 11 is 0. The highest BCUT2D eigenvalue weighted by molar-refractivity contribution is 6.01. The van der Waals surface area contributed by atoms with Crippen molar-refractivity contribution in [1.82, 2.24) is 4.90 Å². The third kappa shape index (κ3) is 5.70. The van der Waals surface area contributed by atoms with Gasteiger partial charge >= 0.3 is 0 Å². The summed E-state index contributed by atoms with van der Waals surface area (Å²) in [7, 11) is 4.98. The van der Waals surface area contributed by atoms with Crippen molar-refractivity contribution < 1.29 is 23.4 Å². The number of hydrogen-bond donors (Lipinski definition) is 0. The Hall–Kier alpha value is -3.09. The van der Waals surface area contributed by atoms with Gasteiger partial charge < -0.3 is 19.1 Å². The maximum Gasteiger partial charge on any atom is 0.295 e. The van der Waals surface area contributed by atoms with E-state index in [1.807, 2.05) is 25.1 Å². The van der Waals surface area contributed by atoms with Gasteiger partial charge in [-0.2, -0.15) is 4.99 Å². The van der Waals surface area contributed by atoms with Gasteiger partial charge in [-0.15, -0.1) is 0 Å². The lowest BCUT2D eigenvalue weighted by Gasteiger charge is -2.20. The molecule has 0 radical (unpaired) electrons. The van der Waals surface area contributed by atoms with Gasteiger partial charge in [-0.1, -0.05) is 6.07 Å². The molecule has 2 rings (SSSR count). The molecule has 7 heteroatoms. The molecule has 6 nitrogen and oxygen atoms in total. The van der Waals surface area contributed by atoms with Gasteiger partial charge in [0.1, 0.15) is 5.82 Å². The average Bonchev–Trinajstić information content (AvgIpc) is 2.71. The molecule has 28 heavy (non-hydrogen) atoms. The summed E-state index contributed by atoms with van der Waals surface area (Å²) in [5.41, 5.74) is 1.34. The number of rotatable bonds is 7. The third-order valence-corrected chi connectivity index (χ3v) is 4.07. The topological polar surface area (TPSA) is 60.4 Å². The summed E-state index contributed by atoms with van der Waals surface area (Å²) in [6, 6.07) is 11.2. The average molecular weight is 388 g/mol. The van der Waals surface area contributed by atoms with Crippen LogP contribution in [0.3, 0.4) is 0 Å². The Morgan fingerprint density at radius 1 is 1.07 bits per heavy atom. The predicted octanol–water partition coefficient (Wildman–Crippen LogP) is 3.55. The number of nitrogens with zero attached hydrogens (tertiary/aromatic N) is 2. The van der Waals surface area contributed by atoms with Crippen molar-refractivity contribution in [3.05, 3.63) is 59.4 Å². The van der Waals surface area contributed by atoms with Gasteiger partial charge in [-0.3, -0.25) is 4.79 Å². The van der Waals surface area contributed by atoms with Gasteiger partial charge in [0, 0.05) is 19.2 Å². The number of hydrogen-bond acceptors (Lipinski definition) is 4. The summed E-state index contributed by atoms with van der Waals surface area (Å²) in [6.07, 6.45) is 0.688. The predicted molar refractivity (Wildman–Crippen MR) is 106 cm³/mol. The molecular formula is C21H25FN2O4. The van der Waals surface area contributed by atoms with Crippen LogP contribution in [0.4, 0.5) is 4.39 Å². The fourth-order valence-electron chi connectivity index (χ4n) is 2.53. The molecular weight excluding hydrogens is 363 g/mol. The molecule has 0 spiro atoms.